The second kappa shape index (κ2) is 13.6. The Morgan fingerprint density at radius 2 is 1.68 bits per heavy atom. The van der Waals surface area contributed by atoms with Crippen LogP contribution in [0.15, 0.2) is 53.4 Å². The molecule has 1 fully saturated rings. The van der Waals surface area contributed by atoms with Gasteiger partial charge in [-0.2, -0.15) is 4.31 Å². The second-order valence-electron chi connectivity index (χ2n) is 9.17. The maximum absolute atomic E-state index is 13.3. The van der Waals surface area contributed by atoms with Crippen LogP contribution in [0.25, 0.3) is 0 Å². The first-order valence-electron chi connectivity index (χ1n) is 12.7. The third-order valence-corrected chi connectivity index (χ3v) is 8.48. The Hall–Kier alpha value is -2.95. The molecule has 1 atom stereocenters. The average Bonchev–Trinajstić information content (AvgIpc) is 3.47. The van der Waals surface area contributed by atoms with Gasteiger partial charge in [0.05, 0.1) is 12.0 Å². The summed E-state index contributed by atoms with van der Waals surface area (Å²) in [7, 11) is -1.90. The lowest BCUT2D eigenvalue weighted by Gasteiger charge is -2.29. The monoisotopic (exact) mass is 531 g/mol. The highest BCUT2D eigenvalue weighted by molar-refractivity contribution is 7.89. The molecular formula is C27H37N3O6S. The number of aryl methyl sites for hydroxylation is 1. The number of nitrogens with zero attached hydrogens (tertiary/aromatic N) is 2. The van der Waals surface area contributed by atoms with Crippen LogP contribution in [0.3, 0.4) is 0 Å². The maximum Gasteiger partial charge on any atom is 0.243 e. The number of benzene rings is 2. The van der Waals surface area contributed by atoms with Gasteiger partial charge in [-0.1, -0.05) is 24.3 Å². The molecule has 10 heteroatoms. The number of sulfonamides is 1. The van der Waals surface area contributed by atoms with Crippen molar-refractivity contribution in [3.05, 3.63) is 59.7 Å². The van der Waals surface area contributed by atoms with Crippen molar-refractivity contribution in [2.45, 2.75) is 56.5 Å². The molecule has 2 aromatic rings. The second-order valence-corrected chi connectivity index (χ2v) is 11.1. The first-order chi connectivity index (χ1) is 17.8. The molecule has 0 bridgehead atoms. The Balaban J connectivity index is 1.68. The van der Waals surface area contributed by atoms with E-state index in [2.05, 4.69) is 5.32 Å². The quantitative estimate of drug-likeness (QED) is 0.383. The molecule has 0 spiro atoms. The summed E-state index contributed by atoms with van der Waals surface area (Å²) in [6.45, 7) is 3.35. The van der Waals surface area contributed by atoms with Crippen molar-refractivity contribution in [1.82, 2.24) is 14.5 Å². The van der Waals surface area contributed by atoms with E-state index in [1.807, 2.05) is 24.3 Å². The molecular weight excluding hydrogens is 494 g/mol. The molecule has 2 N–H and O–H groups in total. The van der Waals surface area contributed by atoms with Crippen LogP contribution in [0.4, 0.5) is 0 Å². The topological polar surface area (TPSA) is 116 Å². The SMILES string of the molecule is COc1ccc(CN(C(=O)CCc2ccc(S(=O)(=O)N3CCCC3)cc2)[C@H](C)C(=O)NCCCO)cc1. The third kappa shape index (κ3) is 7.77. The van der Waals surface area contributed by atoms with Crippen molar-refractivity contribution >= 4 is 21.8 Å². The summed E-state index contributed by atoms with van der Waals surface area (Å²) in [5, 5.41) is 11.8. The predicted molar refractivity (Wildman–Crippen MR) is 140 cm³/mol. The Kier molecular flexibility index (Phi) is 10.5. The molecule has 0 aliphatic carbocycles. The fraction of sp³-hybridized carbons (Fsp3) is 0.481. The standard InChI is InChI=1S/C27H37N3O6S/c1-21(27(33)28-16-5-19-31)30(20-23-6-11-24(36-2)12-7-23)26(32)15-10-22-8-13-25(14-9-22)37(34,35)29-17-3-4-18-29/h6-9,11-14,21,31H,3-5,10,15-20H2,1-2H3,(H,28,33)/t21-/m1/s1. The lowest BCUT2D eigenvalue weighted by Crippen LogP contribution is -2.48. The van der Waals surface area contributed by atoms with Crippen molar-refractivity contribution in [1.29, 1.82) is 0 Å². The minimum atomic E-state index is -3.48. The summed E-state index contributed by atoms with van der Waals surface area (Å²) in [6, 6.07) is 13.3. The molecule has 0 radical (unpaired) electrons. The van der Waals surface area contributed by atoms with Crippen LogP contribution < -0.4 is 10.1 Å². The minimum absolute atomic E-state index is 0.0265. The van der Waals surface area contributed by atoms with E-state index in [0.717, 1.165) is 24.0 Å². The normalized spacial score (nSPS) is 14.8. The molecule has 1 heterocycles. The number of carbonyl (C=O) groups excluding carboxylic acids is 2. The summed E-state index contributed by atoms with van der Waals surface area (Å²) in [4.78, 5) is 27.8. The number of nitrogens with one attached hydrogen (secondary N) is 1. The van der Waals surface area contributed by atoms with Gasteiger partial charge >= 0.3 is 0 Å². The van der Waals surface area contributed by atoms with Crippen LogP contribution >= 0.6 is 0 Å². The number of hydrogen-bond donors (Lipinski definition) is 2. The van der Waals surface area contributed by atoms with Crippen LogP contribution in [0.1, 0.15) is 43.7 Å². The van der Waals surface area contributed by atoms with Gasteiger partial charge in [0.1, 0.15) is 11.8 Å². The fourth-order valence-corrected chi connectivity index (χ4v) is 5.77. The molecule has 3 rings (SSSR count). The number of methoxy groups -OCH3 is 1. The number of amides is 2. The molecule has 202 valence electrons. The van der Waals surface area contributed by atoms with Gasteiger partial charge in [-0.15, -0.1) is 0 Å². The fourth-order valence-electron chi connectivity index (χ4n) is 4.25. The summed E-state index contributed by atoms with van der Waals surface area (Å²) >= 11 is 0. The van der Waals surface area contributed by atoms with Crippen LogP contribution in [0.2, 0.25) is 0 Å². The molecule has 0 unspecified atom stereocenters. The molecule has 1 aliphatic heterocycles. The summed E-state index contributed by atoms with van der Waals surface area (Å²) < 4.78 is 32.2. The molecule has 1 aliphatic rings. The van der Waals surface area contributed by atoms with Gasteiger partial charge in [-0.25, -0.2) is 8.42 Å². The summed E-state index contributed by atoms with van der Waals surface area (Å²) in [6.07, 6.45) is 2.78. The van der Waals surface area contributed by atoms with Gasteiger partial charge in [0.15, 0.2) is 0 Å². The minimum Gasteiger partial charge on any atom is -0.497 e. The maximum atomic E-state index is 13.3. The number of ether oxygens (including phenoxy) is 1. The molecule has 1 saturated heterocycles. The smallest absolute Gasteiger partial charge is 0.243 e. The van der Waals surface area contributed by atoms with Gasteiger partial charge in [-0.05, 0) is 68.0 Å². The number of carbonyl (C=O) groups is 2. The Morgan fingerprint density at radius 3 is 2.27 bits per heavy atom. The van der Waals surface area contributed by atoms with Crippen LogP contribution in [0, 0.1) is 0 Å². The summed E-state index contributed by atoms with van der Waals surface area (Å²) in [5.41, 5.74) is 1.71. The van der Waals surface area contributed by atoms with Crippen LogP contribution in [-0.2, 0) is 32.6 Å². The van der Waals surface area contributed by atoms with E-state index in [1.165, 1.54) is 4.31 Å². The van der Waals surface area contributed by atoms with Crippen LogP contribution in [0.5, 0.6) is 5.75 Å². The average molecular weight is 532 g/mol. The van der Waals surface area contributed by atoms with E-state index in [9.17, 15) is 18.0 Å². The highest BCUT2D eigenvalue weighted by Crippen LogP contribution is 2.22. The van der Waals surface area contributed by atoms with E-state index in [0.29, 0.717) is 38.2 Å². The van der Waals surface area contributed by atoms with Gasteiger partial charge in [0, 0.05) is 39.2 Å². The van der Waals surface area contributed by atoms with E-state index in [4.69, 9.17) is 9.84 Å². The molecule has 2 amide bonds. The number of rotatable bonds is 13. The van der Waals surface area contributed by atoms with Crippen molar-refractivity contribution in [2.24, 2.45) is 0 Å². The van der Waals surface area contributed by atoms with E-state index in [1.54, 1.807) is 43.2 Å². The zero-order valence-corrected chi connectivity index (χ0v) is 22.4. The highest BCUT2D eigenvalue weighted by Gasteiger charge is 2.28. The zero-order chi connectivity index (χ0) is 26.8. The largest absolute Gasteiger partial charge is 0.497 e. The Morgan fingerprint density at radius 1 is 1.05 bits per heavy atom. The van der Waals surface area contributed by atoms with Gasteiger partial charge in [0.25, 0.3) is 0 Å². The van der Waals surface area contributed by atoms with Crippen molar-refractivity contribution in [2.75, 3.05) is 33.4 Å². The molecule has 9 nitrogen and oxygen atoms in total. The van der Waals surface area contributed by atoms with Gasteiger partial charge in [-0.3, -0.25) is 9.59 Å². The first-order valence-corrected chi connectivity index (χ1v) is 14.1. The van der Waals surface area contributed by atoms with Crippen molar-refractivity contribution < 1.29 is 27.9 Å². The van der Waals surface area contributed by atoms with E-state index < -0.39 is 16.1 Å². The Bertz CT molecular complexity index is 1130. The number of aliphatic hydroxyl groups is 1. The first kappa shape index (κ1) is 28.6. The molecule has 0 saturated carbocycles. The van der Waals surface area contributed by atoms with Crippen molar-refractivity contribution in [3.63, 3.8) is 0 Å². The van der Waals surface area contributed by atoms with Crippen LogP contribution in [-0.4, -0.2) is 73.9 Å². The molecule has 2 aromatic carbocycles. The molecule has 37 heavy (non-hydrogen) atoms. The lowest BCUT2D eigenvalue weighted by molar-refractivity contribution is -0.140. The summed E-state index contributed by atoms with van der Waals surface area (Å²) in [5.74, 6) is 0.229. The van der Waals surface area contributed by atoms with Crippen molar-refractivity contribution in [3.8, 4) is 5.75 Å². The lowest BCUT2D eigenvalue weighted by atomic mass is 10.1. The van der Waals surface area contributed by atoms with E-state index in [-0.39, 0.29) is 36.3 Å². The molecule has 0 aromatic heterocycles. The van der Waals surface area contributed by atoms with E-state index >= 15 is 0 Å². The zero-order valence-electron chi connectivity index (χ0n) is 21.6. The highest BCUT2D eigenvalue weighted by atomic mass is 32.2. The number of hydrogen-bond acceptors (Lipinski definition) is 6. The number of aliphatic hydroxyl groups excluding tert-OH is 1. The Labute approximate surface area is 219 Å². The predicted octanol–water partition coefficient (Wildman–Crippen LogP) is 2.33. The van der Waals surface area contributed by atoms with Gasteiger partial charge in [0.2, 0.25) is 21.8 Å². The van der Waals surface area contributed by atoms with Gasteiger partial charge < -0.3 is 20.1 Å². The third-order valence-electron chi connectivity index (χ3n) is 6.57.